The van der Waals surface area contributed by atoms with E-state index in [2.05, 4.69) is 21.2 Å². The molecule has 0 spiro atoms. The molecule has 0 saturated heterocycles. The maximum absolute atomic E-state index is 12.9. The molecular formula is C14H7BrClF3N2O3. The molecule has 0 unspecified atom stereocenters. The molecule has 0 radical (unpaired) electrons. The van der Waals surface area contributed by atoms with Crippen molar-refractivity contribution >= 4 is 44.8 Å². The lowest BCUT2D eigenvalue weighted by Crippen LogP contribution is -2.15. The number of carbonyl (C=O) groups excluding carboxylic acids is 1. The van der Waals surface area contributed by atoms with Crippen molar-refractivity contribution in [2.75, 3.05) is 5.32 Å². The summed E-state index contributed by atoms with van der Waals surface area (Å²) in [6, 6.07) is 6.41. The summed E-state index contributed by atoms with van der Waals surface area (Å²) < 4.78 is 38.4. The van der Waals surface area contributed by atoms with Crippen LogP contribution < -0.4 is 5.32 Å². The largest absolute Gasteiger partial charge is 0.417 e. The number of nitro groups is 1. The van der Waals surface area contributed by atoms with Gasteiger partial charge in [-0.1, -0.05) is 27.5 Å². The van der Waals surface area contributed by atoms with E-state index in [9.17, 15) is 28.1 Å². The number of rotatable bonds is 3. The van der Waals surface area contributed by atoms with E-state index in [1.165, 1.54) is 12.1 Å². The minimum atomic E-state index is -4.62. The van der Waals surface area contributed by atoms with Gasteiger partial charge in [-0.2, -0.15) is 13.2 Å². The number of hydrogen-bond acceptors (Lipinski definition) is 3. The highest BCUT2D eigenvalue weighted by Gasteiger charge is 2.33. The molecule has 2 rings (SSSR count). The third kappa shape index (κ3) is 4.04. The molecule has 2 aromatic rings. The number of alkyl halides is 3. The van der Waals surface area contributed by atoms with Crippen LogP contribution >= 0.6 is 27.5 Å². The second-order valence-corrected chi connectivity index (χ2v) is 5.86. The average molecular weight is 424 g/mol. The third-order valence-corrected chi connectivity index (χ3v) is 3.86. The molecule has 0 heterocycles. The topological polar surface area (TPSA) is 72.2 Å². The zero-order valence-electron chi connectivity index (χ0n) is 11.5. The van der Waals surface area contributed by atoms with Gasteiger partial charge in [-0.05, 0) is 30.3 Å². The molecule has 10 heteroatoms. The van der Waals surface area contributed by atoms with E-state index < -0.39 is 28.3 Å². The van der Waals surface area contributed by atoms with E-state index in [1.807, 2.05) is 0 Å². The molecule has 0 atom stereocenters. The Kier molecular flexibility index (Phi) is 5.14. The standard InChI is InChI=1S/C14H7BrClF3N2O3/c15-11-3-2-8(6-10(11)14(17,18)19)20-13(22)9-5-7(16)1-4-12(9)21(23)24/h1-6H,(H,20,22). The molecule has 1 N–H and O–H groups in total. The van der Waals surface area contributed by atoms with Crippen molar-refractivity contribution in [3.63, 3.8) is 0 Å². The number of halogens is 5. The zero-order valence-corrected chi connectivity index (χ0v) is 13.9. The number of anilines is 1. The molecular weight excluding hydrogens is 417 g/mol. The first kappa shape index (κ1) is 18.2. The van der Waals surface area contributed by atoms with Crippen molar-refractivity contribution in [1.82, 2.24) is 0 Å². The highest BCUT2D eigenvalue weighted by molar-refractivity contribution is 9.10. The van der Waals surface area contributed by atoms with Crippen LogP contribution in [0.5, 0.6) is 0 Å². The van der Waals surface area contributed by atoms with Crippen LogP contribution in [0, 0.1) is 10.1 Å². The van der Waals surface area contributed by atoms with E-state index in [-0.39, 0.29) is 20.7 Å². The van der Waals surface area contributed by atoms with Gasteiger partial charge in [0.2, 0.25) is 0 Å². The van der Waals surface area contributed by atoms with E-state index in [1.54, 1.807) is 0 Å². The molecule has 0 bridgehead atoms. The van der Waals surface area contributed by atoms with Crippen LogP contribution in [-0.4, -0.2) is 10.8 Å². The Bertz CT molecular complexity index is 827. The molecule has 2 aromatic carbocycles. The number of nitro benzene ring substituents is 1. The summed E-state index contributed by atoms with van der Waals surface area (Å²) in [4.78, 5) is 22.3. The molecule has 0 fully saturated rings. The normalized spacial score (nSPS) is 11.2. The molecule has 126 valence electrons. The fourth-order valence-corrected chi connectivity index (χ4v) is 2.51. The van der Waals surface area contributed by atoms with Crippen LogP contribution in [0.15, 0.2) is 40.9 Å². The van der Waals surface area contributed by atoms with Gasteiger partial charge in [0.25, 0.3) is 11.6 Å². The van der Waals surface area contributed by atoms with Gasteiger partial charge in [0, 0.05) is 21.2 Å². The molecule has 0 aliphatic rings. The molecule has 0 aliphatic carbocycles. The quantitative estimate of drug-likeness (QED) is 0.539. The summed E-state index contributed by atoms with van der Waals surface area (Å²) in [6.45, 7) is 0. The number of nitrogens with one attached hydrogen (secondary N) is 1. The Morgan fingerprint density at radius 3 is 2.46 bits per heavy atom. The first-order valence-electron chi connectivity index (χ1n) is 6.21. The predicted molar refractivity (Wildman–Crippen MR) is 85.2 cm³/mol. The minimum absolute atomic E-state index is 0.0811. The van der Waals surface area contributed by atoms with Crippen LogP contribution in [-0.2, 0) is 6.18 Å². The summed E-state index contributed by atoms with van der Waals surface area (Å²) in [5.41, 5.74) is -2.01. The fraction of sp³-hybridized carbons (Fsp3) is 0.0714. The lowest BCUT2D eigenvalue weighted by atomic mass is 10.1. The number of hydrogen-bond donors (Lipinski definition) is 1. The van der Waals surface area contributed by atoms with Gasteiger partial charge in [0.15, 0.2) is 0 Å². The number of nitrogens with zero attached hydrogens (tertiary/aromatic N) is 1. The monoisotopic (exact) mass is 422 g/mol. The van der Waals surface area contributed by atoms with Gasteiger partial charge in [-0.3, -0.25) is 14.9 Å². The Labute approximate surface area is 146 Å². The van der Waals surface area contributed by atoms with Gasteiger partial charge in [-0.25, -0.2) is 0 Å². The lowest BCUT2D eigenvalue weighted by Gasteiger charge is -2.12. The molecule has 0 saturated carbocycles. The van der Waals surface area contributed by atoms with Crippen molar-refractivity contribution in [1.29, 1.82) is 0 Å². The Morgan fingerprint density at radius 1 is 1.21 bits per heavy atom. The second kappa shape index (κ2) is 6.78. The molecule has 1 amide bonds. The maximum atomic E-state index is 12.9. The lowest BCUT2D eigenvalue weighted by molar-refractivity contribution is -0.385. The Balaban J connectivity index is 2.38. The van der Waals surface area contributed by atoms with E-state index in [0.29, 0.717) is 0 Å². The molecule has 0 aromatic heterocycles. The summed E-state index contributed by atoms with van der Waals surface area (Å²) in [5.74, 6) is -0.945. The number of carbonyl (C=O) groups is 1. The number of amides is 1. The van der Waals surface area contributed by atoms with Crippen LogP contribution in [0.1, 0.15) is 15.9 Å². The summed E-state index contributed by atoms with van der Waals surface area (Å²) in [6.07, 6.45) is -4.62. The van der Waals surface area contributed by atoms with Crippen LogP contribution in [0.2, 0.25) is 5.02 Å². The van der Waals surface area contributed by atoms with Gasteiger partial charge < -0.3 is 5.32 Å². The average Bonchev–Trinajstić information content (AvgIpc) is 2.47. The predicted octanol–water partition coefficient (Wildman–Crippen LogP) is 5.28. The van der Waals surface area contributed by atoms with Gasteiger partial charge >= 0.3 is 6.18 Å². The molecule has 24 heavy (non-hydrogen) atoms. The second-order valence-electron chi connectivity index (χ2n) is 4.57. The zero-order chi connectivity index (χ0) is 18.1. The molecule has 0 aliphatic heterocycles. The van der Waals surface area contributed by atoms with Gasteiger partial charge in [0.1, 0.15) is 5.56 Å². The van der Waals surface area contributed by atoms with Crippen molar-refractivity contribution < 1.29 is 22.9 Å². The number of benzene rings is 2. The van der Waals surface area contributed by atoms with Gasteiger partial charge in [0.05, 0.1) is 10.5 Å². The summed E-state index contributed by atoms with van der Waals surface area (Å²) in [7, 11) is 0. The maximum Gasteiger partial charge on any atom is 0.417 e. The molecule has 5 nitrogen and oxygen atoms in total. The van der Waals surface area contributed by atoms with Crippen LogP contribution in [0.3, 0.4) is 0 Å². The smallest absolute Gasteiger partial charge is 0.322 e. The fourth-order valence-electron chi connectivity index (χ4n) is 1.87. The summed E-state index contributed by atoms with van der Waals surface area (Å²) in [5, 5.41) is 13.2. The van der Waals surface area contributed by atoms with E-state index in [0.717, 1.165) is 24.3 Å². The van der Waals surface area contributed by atoms with Crippen molar-refractivity contribution in [2.24, 2.45) is 0 Å². The first-order chi connectivity index (χ1) is 11.1. The minimum Gasteiger partial charge on any atom is -0.322 e. The Morgan fingerprint density at radius 2 is 1.88 bits per heavy atom. The third-order valence-electron chi connectivity index (χ3n) is 2.93. The van der Waals surface area contributed by atoms with Crippen molar-refractivity contribution in [3.8, 4) is 0 Å². The van der Waals surface area contributed by atoms with Crippen molar-refractivity contribution in [2.45, 2.75) is 6.18 Å². The van der Waals surface area contributed by atoms with Crippen LogP contribution in [0.25, 0.3) is 0 Å². The van der Waals surface area contributed by atoms with Crippen molar-refractivity contribution in [3.05, 3.63) is 67.1 Å². The highest BCUT2D eigenvalue weighted by Crippen LogP contribution is 2.36. The van der Waals surface area contributed by atoms with E-state index >= 15 is 0 Å². The van der Waals surface area contributed by atoms with E-state index in [4.69, 9.17) is 11.6 Å². The van der Waals surface area contributed by atoms with Crippen LogP contribution in [0.4, 0.5) is 24.5 Å². The highest BCUT2D eigenvalue weighted by atomic mass is 79.9. The van der Waals surface area contributed by atoms with Gasteiger partial charge in [-0.15, -0.1) is 0 Å². The summed E-state index contributed by atoms with van der Waals surface area (Å²) >= 11 is 8.49. The first-order valence-corrected chi connectivity index (χ1v) is 7.38. The Hall–Kier alpha value is -2.13. The SMILES string of the molecule is O=C(Nc1ccc(Br)c(C(F)(F)F)c1)c1cc(Cl)ccc1[N+](=O)[O-].